The number of carboxylic acids is 4. The second-order valence-corrected chi connectivity index (χ2v) is 21.6. The molecule has 0 fully saturated rings. The molecule has 0 aliphatic carbocycles. The standard InChI is InChI=1S/C56H98IN9O21/c1-40(68)51(52(58)77)62-38-56(39-67,66-57)26-16-17-27-59-44(69)23-20-42(54(80)81)64-47(72)25-22-43(55(82)83)65-49(74)37-87-35-33-85-31-29-61-48(73)36-86-34-32-84-30-28-60-45(70)24-21-41(53(78)79)63-46(71)18-14-12-10-8-6-4-2-3-5-7-9-11-13-15-19-50(75)76/h39-43,51,62,66,68H,2-38H2,1H3,(H2,58,77)(H,59,69)(H,60,70)(H,61,73)(H,63,71)(H,64,72)(H,65,74)(H,75,76)(H,78,79)(H,80,81)(H,82,83)/t40-,41+,42+,43+,51+,56-/m1/s1. The van der Waals surface area contributed by atoms with Crippen LogP contribution >= 0.6 is 22.9 Å². The highest BCUT2D eigenvalue weighted by atomic mass is 127. The van der Waals surface area contributed by atoms with E-state index in [0.717, 1.165) is 51.4 Å². The highest BCUT2D eigenvalue weighted by molar-refractivity contribution is 14.1. The van der Waals surface area contributed by atoms with Crippen molar-refractivity contribution in [3.63, 3.8) is 0 Å². The zero-order valence-electron chi connectivity index (χ0n) is 50.4. The van der Waals surface area contributed by atoms with Gasteiger partial charge in [-0.25, -0.2) is 17.9 Å². The Morgan fingerprint density at radius 2 is 0.851 bits per heavy atom. The van der Waals surface area contributed by atoms with E-state index < -0.39 is 115 Å². The van der Waals surface area contributed by atoms with Gasteiger partial charge in [-0.2, -0.15) is 0 Å². The molecule has 0 rings (SSSR count). The highest BCUT2D eigenvalue weighted by Crippen LogP contribution is 2.16. The van der Waals surface area contributed by atoms with Crippen LogP contribution in [0.4, 0.5) is 0 Å². The van der Waals surface area contributed by atoms with Crippen LogP contribution in [-0.2, 0) is 76.5 Å². The number of carbonyl (C=O) groups excluding carboxylic acids is 8. The molecule has 15 N–H and O–H groups in total. The van der Waals surface area contributed by atoms with Crippen molar-refractivity contribution in [3.8, 4) is 0 Å². The molecule has 87 heavy (non-hydrogen) atoms. The van der Waals surface area contributed by atoms with Gasteiger partial charge >= 0.3 is 23.9 Å². The van der Waals surface area contributed by atoms with E-state index in [1.54, 1.807) is 22.9 Å². The number of aliphatic hydroxyl groups excluding tert-OH is 1. The van der Waals surface area contributed by atoms with Crippen LogP contribution in [-0.4, -0.2) is 212 Å². The van der Waals surface area contributed by atoms with Crippen molar-refractivity contribution in [2.75, 3.05) is 79.0 Å². The van der Waals surface area contributed by atoms with Crippen LogP contribution in [0.25, 0.3) is 0 Å². The van der Waals surface area contributed by atoms with E-state index >= 15 is 0 Å². The molecule has 30 nitrogen and oxygen atoms in total. The first-order chi connectivity index (χ1) is 41.6. The Kier molecular flexibility index (Phi) is 48.8. The Balaban J connectivity index is 4.10. The summed E-state index contributed by atoms with van der Waals surface area (Å²) in [4.78, 5) is 143. The number of aliphatic hydroxyl groups is 1. The number of hydrogen-bond acceptors (Lipinski definition) is 19. The Bertz CT molecular complexity index is 2050. The van der Waals surface area contributed by atoms with Crippen LogP contribution in [0.1, 0.15) is 167 Å². The molecule has 0 aliphatic heterocycles. The summed E-state index contributed by atoms with van der Waals surface area (Å²) in [6, 6.07) is -5.25. The summed E-state index contributed by atoms with van der Waals surface area (Å²) in [6.45, 7) is 1.40. The summed E-state index contributed by atoms with van der Waals surface area (Å²) in [5.41, 5.74) is 4.20. The van der Waals surface area contributed by atoms with E-state index in [9.17, 15) is 78.0 Å². The number of carbonyl (C=O) groups is 12. The van der Waals surface area contributed by atoms with E-state index in [0.29, 0.717) is 32.0 Å². The SMILES string of the molecule is C[C@@H](O)[C@H](NC[C@@](C=O)(CCCCNC(=O)CC[C@H](NC(=O)CC[C@H](NC(=O)COCCOCCNC(=O)COCCOCCNC(=O)CC[C@H](NC(=O)CCCCCCCCCCCCCCCCC(=O)O)C(=O)O)C(=O)O)C(=O)O)NI)C(N)=O. The summed E-state index contributed by atoms with van der Waals surface area (Å²) in [5, 5.41) is 64.8. The van der Waals surface area contributed by atoms with E-state index in [-0.39, 0.29) is 117 Å². The molecular formula is C56H98IN9O21. The van der Waals surface area contributed by atoms with Gasteiger partial charge in [0.2, 0.25) is 41.4 Å². The van der Waals surface area contributed by atoms with Crippen molar-refractivity contribution in [1.82, 2.24) is 40.7 Å². The number of ether oxygens (including phenoxy) is 4. The lowest BCUT2D eigenvalue weighted by Crippen LogP contribution is -2.57. The Hall–Kier alpha value is -5.71. The van der Waals surface area contributed by atoms with Gasteiger partial charge in [0.05, 0.1) is 51.3 Å². The van der Waals surface area contributed by atoms with E-state index in [4.69, 9.17) is 29.8 Å². The van der Waals surface area contributed by atoms with Crippen molar-refractivity contribution in [1.29, 1.82) is 0 Å². The number of rotatable bonds is 60. The molecule has 31 heteroatoms. The Morgan fingerprint density at radius 1 is 0.471 bits per heavy atom. The Morgan fingerprint density at radius 3 is 1.26 bits per heavy atom. The summed E-state index contributed by atoms with van der Waals surface area (Å²) in [7, 11) is 0. The minimum atomic E-state index is -1.52. The minimum absolute atomic E-state index is 0.0135. The Labute approximate surface area is 523 Å². The minimum Gasteiger partial charge on any atom is -0.481 e. The first kappa shape index (κ1) is 81.3. The highest BCUT2D eigenvalue weighted by Gasteiger charge is 2.32. The van der Waals surface area contributed by atoms with Gasteiger partial charge in [-0.1, -0.05) is 77.0 Å². The van der Waals surface area contributed by atoms with Crippen molar-refractivity contribution < 1.29 is 102 Å². The quantitative estimate of drug-likeness (QED) is 0.0172. The summed E-state index contributed by atoms with van der Waals surface area (Å²) < 4.78 is 24.1. The van der Waals surface area contributed by atoms with Gasteiger partial charge in [0.1, 0.15) is 43.7 Å². The summed E-state index contributed by atoms with van der Waals surface area (Å²) >= 11 is 1.80. The molecule has 0 heterocycles. The normalized spacial score (nSPS) is 13.6. The van der Waals surface area contributed by atoms with Crippen LogP contribution in [0.5, 0.6) is 0 Å². The smallest absolute Gasteiger partial charge is 0.326 e. The lowest BCUT2D eigenvalue weighted by atomic mass is 9.94. The van der Waals surface area contributed by atoms with Gasteiger partial charge in [-0.3, -0.25) is 38.4 Å². The summed E-state index contributed by atoms with van der Waals surface area (Å²) in [6.07, 6.45) is 14.3. The molecule has 0 bridgehead atoms. The molecule has 7 amide bonds. The van der Waals surface area contributed by atoms with Gasteiger partial charge in [-0.05, 0) is 58.3 Å². The zero-order valence-corrected chi connectivity index (χ0v) is 52.5. The van der Waals surface area contributed by atoms with Crippen molar-refractivity contribution in [2.24, 2.45) is 5.73 Å². The molecule has 0 radical (unpaired) electrons. The number of unbranched alkanes of at least 4 members (excludes halogenated alkanes) is 14. The maximum atomic E-state index is 12.6. The third kappa shape index (κ3) is 46.1. The maximum absolute atomic E-state index is 12.6. The number of nitrogens with two attached hydrogens (primary N) is 1. The molecule has 0 aromatic carbocycles. The van der Waals surface area contributed by atoms with Gasteiger partial charge in [-0.15, -0.1) is 0 Å². The molecule has 6 atom stereocenters. The van der Waals surface area contributed by atoms with Crippen LogP contribution in [0.3, 0.4) is 0 Å². The predicted molar refractivity (Wildman–Crippen MR) is 323 cm³/mol. The fourth-order valence-electron chi connectivity index (χ4n) is 8.46. The van der Waals surface area contributed by atoms with Crippen LogP contribution in [0.15, 0.2) is 0 Å². The average molecular weight is 1360 g/mol. The molecule has 0 unspecified atom stereocenters. The van der Waals surface area contributed by atoms with Gasteiger partial charge in [0.15, 0.2) is 0 Å². The van der Waals surface area contributed by atoms with Crippen molar-refractivity contribution in [3.05, 3.63) is 0 Å². The lowest BCUT2D eigenvalue weighted by Gasteiger charge is -2.29. The number of carboxylic acid groups (broad SMARTS) is 4. The second kappa shape index (κ2) is 52.2. The second-order valence-electron chi connectivity index (χ2n) is 21.0. The van der Waals surface area contributed by atoms with Crippen LogP contribution in [0.2, 0.25) is 0 Å². The first-order valence-corrected chi connectivity index (χ1v) is 31.1. The number of hydrogen-bond donors (Lipinski definition) is 14. The van der Waals surface area contributed by atoms with Gasteiger partial charge < -0.3 is 92.2 Å². The number of amides is 7. The molecule has 0 saturated heterocycles. The van der Waals surface area contributed by atoms with Crippen molar-refractivity contribution in [2.45, 2.75) is 203 Å². The molecule has 500 valence electrons. The fourth-order valence-corrected chi connectivity index (χ4v) is 9.05. The number of aliphatic carboxylic acids is 4. The first-order valence-electron chi connectivity index (χ1n) is 30.0. The van der Waals surface area contributed by atoms with Crippen LogP contribution in [0, 0.1) is 0 Å². The molecule has 0 aromatic rings. The van der Waals surface area contributed by atoms with Gasteiger partial charge in [0.25, 0.3) is 0 Å². The van der Waals surface area contributed by atoms with Crippen LogP contribution < -0.4 is 46.5 Å². The number of primary amides is 1. The molecule has 0 aliphatic rings. The summed E-state index contributed by atoms with van der Waals surface area (Å²) in [5.74, 6) is -8.96. The molecule has 0 saturated carbocycles. The molecule has 0 spiro atoms. The predicted octanol–water partition coefficient (Wildman–Crippen LogP) is 0.648. The molecule has 0 aromatic heterocycles. The lowest BCUT2D eigenvalue weighted by molar-refractivity contribution is -0.144. The van der Waals surface area contributed by atoms with E-state index in [1.807, 2.05) is 0 Å². The third-order valence-electron chi connectivity index (χ3n) is 13.5. The third-order valence-corrected chi connectivity index (χ3v) is 14.6. The number of nitrogens with one attached hydrogen (secondary N) is 8. The average Bonchev–Trinajstić information content (AvgIpc) is 3.35. The van der Waals surface area contributed by atoms with E-state index in [2.05, 4.69) is 40.7 Å². The fraction of sp³-hybridized carbons (Fsp3) is 0.786. The monoisotopic (exact) mass is 1360 g/mol. The largest absolute Gasteiger partial charge is 0.481 e. The molecular weight excluding hydrogens is 1260 g/mol. The zero-order chi connectivity index (χ0) is 65.1. The van der Waals surface area contributed by atoms with Gasteiger partial charge in [0, 0.05) is 81.1 Å². The number of halogens is 1. The van der Waals surface area contributed by atoms with E-state index in [1.165, 1.54) is 39.0 Å². The number of aldehydes is 1. The van der Waals surface area contributed by atoms with Crippen molar-refractivity contribution >= 4 is 94.4 Å². The topological polar surface area (TPSA) is 465 Å². The maximum Gasteiger partial charge on any atom is 0.326 e.